The Morgan fingerprint density at radius 3 is 2.21 bits per heavy atom. The standard InChI is InChI=1S/C15H28N2OS/c1-14(2,3)11-7-6-9-17(10-8-11)13(18)15(4,5)12(16)19/h11H,6-10H2,1-5H3,(H2,16,19). The van der Waals surface area contributed by atoms with E-state index in [9.17, 15) is 4.79 Å². The molecule has 1 aliphatic heterocycles. The predicted octanol–water partition coefficient (Wildman–Crippen LogP) is 2.97. The summed E-state index contributed by atoms with van der Waals surface area (Å²) < 4.78 is 0. The molecule has 1 atom stereocenters. The Morgan fingerprint density at radius 2 is 1.74 bits per heavy atom. The molecule has 110 valence electrons. The second-order valence-electron chi connectivity index (χ2n) is 7.28. The maximum atomic E-state index is 12.5. The van der Waals surface area contributed by atoms with Crippen LogP contribution in [-0.2, 0) is 4.79 Å². The number of rotatable bonds is 2. The van der Waals surface area contributed by atoms with E-state index in [1.165, 1.54) is 6.42 Å². The zero-order valence-electron chi connectivity index (χ0n) is 13.0. The largest absolute Gasteiger partial charge is 0.392 e. The lowest BCUT2D eigenvalue weighted by molar-refractivity contribution is -0.136. The maximum Gasteiger partial charge on any atom is 0.235 e. The lowest BCUT2D eigenvalue weighted by Crippen LogP contribution is -2.47. The summed E-state index contributed by atoms with van der Waals surface area (Å²) in [6.45, 7) is 12.2. The molecule has 0 aromatic heterocycles. The average molecular weight is 284 g/mol. The van der Waals surface area contributed by atoms with Gasteiger partial charge in [-0.2, -0.15) is 0 Å². The third-order valence-corrected chi connectivity index (χ3v) is 4.90. The van der Waals surface area contributed by atoms with Crippen LogP contribution in [0.25, 0.3) is 0 Å². The normalized spacial score (nSPS) is 21.9. The van der Waals surface area contributed by atoms with Crippen LogP contribution in [-0.4, -0.2) is 28.9 Å². The van der Waals surface area contributed by atoms with E-state index in [1.54, 1.807) is 0 Å². The van der Waals surface area contributed by atoms with Crippen molar-refractivity contribution in [3.63, 3.8) is 0 Å². The molecular formula is C15H28N2OS. The molecule has 0 aromatic rings. The fraction of sp³-hybridized carbons (Fsp3) is 0.867. The first-order valence-electron chi connectivity index (χ1n) is 7.16. The van der Waals surface area contributed by atoms with Gasteiger partial charge in [0.25, 0.3) is 0 Å². The summed E-state index contributed by atoms with van der Waals surface area (Å²) in [5.74, 6) is 0.757. The van der Waals surface area contributed by atoms with Crippen LogP contribution in [0.3, 0.4) is 0 Å². The van der Waals surface area contributed by atoms with Crippen LogP contribution in [0, 0.1) is 16.7 Å². The number of likely N-dealkylation sites (tertiary alicyclic amines) is 1. The Kier molecular flexibility index (Phi) is 4.99. The summed E-state index contributed by atoms with van der Waals surface area (Å²) in [5.41, 5.74) is 5.29. The van der Waals surface area contributed by atoms with Gasteiger partial charge in [-0.05, 0) is 44.4 Å². The zero-order chi connectivity index (χ0) is 14.8. The van der Waals surface area contributed by atoms with Crippen molar-refractivity contribution in [3.05, 3.63) is 0 Å². The minimum absolute atomic E-state index is 0.0783. The van der Waals surface area contributed by atoms with Gasteiger partial charge in [0, 0.05) is 13.1 Å². The van der Waals surface area contributed by atoms with E-state index in [-0.39, 0.29) is 10.9 Å². The molecule has 0 spiro atoms. The van der Waals surface area contributed by atoms with Crippen molar-refractivity contribution in [2.45, 2.75) is 53.9 Å². The molecule has 19 heavy (non-hydrogen) atoms. The van der Waals surface area contributed by atoms with Crippen LogP contribution in [0.15, 0.2) is 0 Å². The smallest absolute Gasteiger partial charge is 0.235 e. The molecule has 4 heteroatoms. The zero-order valence-corrected chi connectivity index (χ0v) is 13.8. The minimum atomic E-state index is -0.725. The van der Waals surface area contributed by atoms with Crippen molar-refractivity contribution in [2.75, 3.05) is 13.1 Å². The average Bonchev–Trinajstić information content (AvgIpc) is 2.52. The molecule has 1 amide bonds. The summed E-state index contributed by atoms with van der Waals surface area (Å²) in [7, 11) is 0. The van der Waals surface area contributed by atoms with Crippen molar-refractivity contribution in [1.82, 2.24) is 4.90 Å². The van der Waals surface area contributed by atoms with Crippen LogP contribution in [0.4, 0.5) is 0 Å². The molecule has 3 nitrogen and oxygen atoms in total. The summed E-state index contributed by atoms with van der Waals surface area (Å²) in [5, 5.41) is 0. The summed E-state index contributed by atoms with van der Waals surface area (Å²) in [6.07, 6.45) is 3.34. The van der Waals surface area contributed by atoms with Crippen LogP contribution < -0.4 is 5.73 Å². The third kappa shape index (κ3) is 3.91. The number of nitrogens with zero attached hydrogens (tertiary/aromatic N) is 1. The van der Waals surface area contributed by atoms with E-state index >= 15 is 0 Å². The van der Waals surface area contributed by atoms with Crippen molar-refractivity contribution in [3.8, 4) is 0 Å². The summed E-state index contributed by atoms with van der Waals surface area (Å²) in [4.78, 5) is 14.8. The highest BCUT2D eigenvalue weighted by Gasteiger charge is 2.36. The first-order valence-corrected chi connectivity index (χ1v) is 7.57. The van der Waals surface area contributed by atoms with Gasteiger partial charge in [-0.25, -0.2) is 0 Å². The first-order chi connectivity index (χ1) is 8.56. The minimum Gasteiger partial charge on any atom is -0.392 e. The molecule has 1 aliphatic rings. The molecular weight excluding hydrogens is 256 g/mol. The Hall–Kier alpha value is -0.640. The Bertz CT molecular complexity index is 358. The number of hydrogen-bond acceptors (Lipinski definition) is 2. The van der Waals surface area contributed by atoms with E-state index in [4.69, 9.17) is 18.0 Å². The number of amides is 1. The highest BCUT2D eigenvalue weighted by Crippen LogP contribution is 2.35. The summed E-state index contributed by atoms with van der Waals surface area (Å²) >= 11 is 5.02. The number of hydrogen-bond donors (Lipinski definition) is 1. The Balaban J connectivity index is 2.73. The molecule has 1 unspecified atom stereocenters. The van der Waals surface area contributed by atoms with Gasteiger partial charge in [0.1, 0.15) is 0 Å². The molecule has 1 fully saturated rings. The van der Waals surface area contributed by atoms with Gasteiger partial charge in [0.2, 0.25) is 5.91 Å². The van der Waals surface area contributed by atoms with E-state index in [0.29, 0.717) is 11.3 Å². The van der Waals surface area contributed by atoms with E-state index in [1.807, 2.05) is 18.7 Å². The van der Waals surface area contributed by atoms with Crippen LogP contribution in [0.1, 0.15) is 53.9 Å². The molecule has 1 rings (SSSR count). The highest BCUT2D eigenvalue weighted by molar-refractivity contribution is 7.80. The Labute approximate surface area is 122 Å². The quantitative estimate of drug-likeness (QED) is 0.793. The van der Waals surface area contributed by atoms with Crippen LogP contribution in [0.2, 0.25) is 0 Å². The second-order valence-corrected chi connectivity index (χ2v) is 7.72. The van der Waals surface area contributed by atoms with Gasteiger partial charge in [-0.1, -0.05) is 33.0 Å². The molecule has 1 saturated heterocycles. The van der Waals surface area contributed by atoms with Gasteiger partial charge in [-0.3, -0.25) is 4.79 Å². The maximum absolute atomic E-state index is 12.5. The van der Waals surface area contributed by atoms with E-state index in [0.717, 1.165) is 25.9 Å². The van der Waals surface area contributed by atoms with Crippen molar-refractivity contribution in [2.24, 2.45) is 22.5 Å². The molecule has 0 radical (unpaired) electrons. The highest BCUT2D eigenvalue weighted by atomic mass is 32.1. The molecule has 2 N–H and O–H groups in total. The monoisotopic (exact) mass is 284 g/mol. The molecule has 0 saturated carbocycles. The first kappa shape index (κ1) is 16.4. The number of carbonyl (C=O) groups excluding carboxylic acids is 1. The van der Waals surface area contributed by atoms with Crippen LogP contribution in [0.5, 0.6) is 0 Å². The van der Waals surface area contributed by atoms with Crippen molar-refractivity contribution < 1.29 is 4.79 Å². The van der Waals surface area contributed by atoms with Gasteiger partial charge < -0.3 is 10.6 Å². The van der Waals surface area contributed by atoms with E-state index < -0.39 is 5.41 Å². The molecule has 0 aromatic carbocycles. The number of carbonyl (C=O) groups is 1. The van der Waals surface area contributed by atoms with Gasteiger partial charge in [-0.15, -0.1) is 0 Å². The van der Waals surface area contributed by atoms with Gasteiger partial charge in [0.05, 0.1) is 10.4 Å². The number of nitrogens with two attached hydrogens (primary N) is 1. The van der Waals surface area contributed by atoms with E-state index in [2.05, 4.69) is 20.8 Å². The molecule has 0 bridgehead atoms. The summed E-state index contributed by atoms with van der Waals surface area (Å²) in [6, 6.07) is 0. The lowest BCUT2D eigenvalue weighted by atomic mass is 9.77. The van der Waals surface area contributed by atoms with Crippen molar-refractivity contribution in [1.29, 1.82) is 0 Å². The molecule has 1 heterocycles. The van der Waals surface area contributed by atoms with Gasteiger partial charge in [0.15, 0.2) is 0 Å². The van der Waals surface area contributed by atoms with Gasteiger partial charge >= 0.3 is 0 Å². The molecule has 0 aliphatic carbocycles. The second kappa shape index (κ2) is 5.78. The fourth-order valence-corrected chi connectivity index (χ4v) is 2.75. The SMILES string of the molecule is CC(C)(C(=O)N1CCCC(C(C)(C)C)CC1)C(N)=S. The Morgan fingerprint density at radius 1 is 1.16 bits per heavy atom. The predicted molar refractivity (Wildman–Crippen MR) is 83.9 cm³/mol. The third-order valence-electron chi connectivity index (χ3n) is 4.39. The number of thiocarbonyl (C=S) groups is 1. The fourth-order valence-electron chi connectivity index (χ4n) is 2.67. The topological polar surface area (TPSA) is 46.3 Å². The van der Waals surface area contributed by atoms with Crippen LogP contribution >= 0.6 is 12.2 Å². The van der Waals surface area contributed by atoms with Crippen molar-refractivity contribution >= 4 is 23.1 Å². The lowest BCUT2D eigenvalue weighted by Gasteiger charge is -2.32.